The molecule has 16 aromatic carbocycles. The second-order valence-corrected chi connectivity index (χ2v) is 24.7. The predicted molar refractivity (Wildman–Crippen MR) is 380 cm³/mol. The molecule has 0 saturated heterocycles. The fraction of sp³-hybridized carbons (Fsp3) is 0.0222. The SMILES string of the molecule is c1ccc(-c2c3ccccc3c(-c3ccc4c(c3)C(c3ccccc3)(c3ccccc3)c3c5c(c6c(oc7ccccc76)c3-4)-c3ccc(-c4c6ccccc6c(-c6ccccc6)c6ccccc46)cc3C5(c3ccccc3)c3ccccc3)c3ccccc23)cc1. The van der Waals surface area contributed by atoms with Crippen LogP contribution in [0.2, 0.25) is 0 Å². The second kappa shape index (κ2) is 19.9. The number of rotatable bonds is 8. The van der Waals surface area contributed by atoms with Crippen molar-refractivity contribution in [3.63, 3.8) is 0 Å². The van der Waals surface area contributed by atoms with E-state index in [9.17, 15) is 0 Å². The summed E-state index contributed by atoms with van der Waals surface area (Å²) in [6.07, 6.45) is 0. The molecule has 1 heteroatoms. The summed E-state index contributed by atoms with van der Waals surface area (Å²) < 4.78 is 7.66. The Labute approximate surface area is 528 Å². The van der Waals surface area contributed by atoms with Gasteiger partial charge in [-0.25, -0.2) is 0 Å². The molecule has 2 aliphatic carbocycles. The third kappa shape index (κ3) is 7.12. The first kappa shape index (κ1) is 51.4. The van der Waals surface area contributed by atoms with Crippen molar-refractivity contribution in [1.82, 2.24) is 0 Å². The molecule has 0 amide bonds. The van der Waals surface area contributed by atoms with Gasteiger partial charge in [-0.2, -0.15) is 0 Å². The van der Waals surface area contributed by atoms with Crippen molar-refractivity contribution in [2.24, 2.45) is 0 Å². The average Bonchev–Trinajstić information content (AvgIpc) is 1.49. The first-order valence-corrected chi connectivity index (χ1v) is 31.7. The molecule has 0 unspecified atom stereocenters. The van der Waals surface area contributed by atoms with Crippen LogP contribution in [0.5, 0.6) is 0 Å². The lowest BCUT2D eigenvalue weighted by Gasteiger charge is -2.41. The third-order valence-corrected chi connectivity index (χ3v) is 20.4. The Morgan fingerprint density at radius 2 is 0.484 bits per heavy atom. The van der Waals surface area contributed by atoms with E-state index in [1.807, 2.05) is 0 Å². The van der Waals surface area contributed by atoms with E-state index in [1.165, 1.54) is 138 Å². The highest BCUT2D eigenvalue weighted by Crippen LogP contribution is 2.69. The van der Waals surface area contributed by atoms with Gasteiger partial charge in [-0.05, 0) is 167 Å². The zero-order valence-corrected chi connectivity index (χ0v) is 49.7. The molecular formula is C90H56O. The van der Waals surface area contributed by atoms with Crippen LogP contribution in [-0.2, 0) is 10.8 Å². The Kier molecular flexibility index (Phi) is 11.3. The van der Waals surface area contributed by atoms with Crippen LogP contribution in [0.1, 0.15) is 44.5 Å². The van der Waals surface area contributed by atoms with Gasteiger partial charge in [0, 0.05) is 16.3 Å². The minimum atomic E-state index is -0.907. The molecule has 19 rings (SSSR count). The molecule has 0 N–H and O–H groups in total. The summed E-state index contributed by atoms with van der Waals surface area (Å²) in [5.41, 5.74) is 24.1. The molecule has 0 saturated carbocycles. The van der Waals surface area contributed by atoms with E-state index in [0.29, 0.717) is 0 Å². The molecule has 1 heterocycles. The van der Waals surface area contributed by atoms with Gasteiger partial charge in [0.2, 0.25) is 0 Å². The normalized spacial score (nSPS) is 13.5. The Morgan fingerprint density at radius 1 is 0.209 bits per heavy atom. The Bertz CT molecular complexity index is 5590. The predicted octanol–water partition coefficient (Wildman–Crippen LogP) is 23.6. The summed E-state index contributed by atoms with van der Waals surface area (Å²) in [6.45, 7) is 0. The van der Waals surface area contributed by atoms with Crippen molar-refractivity contribution in [1.29, 1.82) is 0 Å². The number of hydrogen-bond donors (Lipinski definition) is 0. The summed E-state index contributed by atoms with van der Waals surface area (Å²) in [5.74, 6) is 0. The number of fused-ring (bicyclic) bond motifs is 16. The van der Waals surface area contributed by atoms with Crippen LogP contribution < -0.4 is 0 Å². The van der Waals surface area contributed by atoms with E-state index < -0.39 is 10.8 Å². The maximum atomic E-state index is 7.66. The molecule has 0 spiro atoms. The highest BCUT2D eigenvalue weighted by atomic mass is 16.3. The summed E-state index contributed by atoms with van der Waals surface area (Å²) in [7, 11) is 0. The van der Waals surface area contributed by atoms with E-state index in [1.54, 1.807) is 0 Å². The van der Waals surface area contributed by atoms with Crippen molar-refractivity contribution in [2.75, 3.05) is 0 Å². The molecule has 1 nitrogen and oxygen atoms in total. The zero-order valence-electron chi connectivity index (χ0n) is 49.7. The van der Waals surface area contributed by atoms with E-state index in [2.05, 4.69) is 340 Å². The topological polar surface area (TPSA) is 13.1 Å². The monoisotopic (exact) mass is 1150 g/mol. The minimum absolute atomic E-state index is 0.867. The van der Waals surface area contributed by atoms with Crippen molar-refractivity contribution < 1.29 is 4.42 Å². The van der Waals surface area contributed by atoms with Gasteiger partial charge < -0.3 is 4.42 Å². The Balaban J connectivity index is 0.997. The van der Waals surface area contributed by atoms with Gasteiger partial charge in [0.25, 0.3) is 0 Å². The van der Waals surface area contributed by atoms with Crippen LogP contribution in [0.25, 0.3) is 132 Å². The van der Waals surface area contributed by atoms with Gasteiger partial charge in [0.05, 0.1) is 10.8 Å². The minimum Gasteiger partial charge on any atom is -0.455 e. The maximum Gasteiger partial charge on any atom is 0.144 e. The van der Waals surface area contributed by atoms with Gasteiger partial charge >= 0.3 is 0 Å². The molecule has 0 atom stereocenters. The summed E-state index contributed by atoms with van der Waals surface area (Å²) in [5, 5.41) is 12.0. The van der Waals surface area contributed by atoms with Crippen LogP contribution in [-0.4, -0.2) is 0 Å². The lowest BCUT2D eigenvalue weighted by molar-refractivity contribution is 0.666. The molecule has 17 aromatic rings. The van der Waals surface area contributed by atoms with E-state index in [4.69, 9.17) is 4.42 Å². The third-order valence-electron chi connectivity index (χ3n) is 20.4. The van der Waals surface area contributed by atoms with E-state index in [-0.39, 0.29) is 0 Å². The average molecular weight is 1150 g/mol. The van der Waals surface area contributed by atoms with Gasteiger partial charge in [-0.1, -0.05) is 322 Å². The lowest BCUT2D eigenvalue weighted by Crippen LogP contribution is -2.35. The summed E-state index contributed by atoms with van der Waals surface area (Å²) in [4.78, 5) is 0. The number of furan rings is 1. The van der Waals surface area contributed by atoms with Gasteiger partial charge in [0.15, 0.2) is 0 Å². The Morgan fingerprint density at radius 3 is 0.835 bits per heavy atom. The molecule has 0 radical (unpaired) electrons. The maximum absolute atomic E-state index is 7.66. The van der Waals surface area contributed by atoms with Crippen molar-refractivity contribution in [3.05, 3.63) is 384 Å². The largest absolute Gasteiger partial charge is 0.455 e. The fourth-order valence-electron chi connectivity index (χ4n) is 17.0. The first-order valence-electron chi connectivity index (χ1n) is 31.7. The molecule has 91 heavy (non-hydrogen) atoms. The highest BCUT2D eigenvalue weighted by molar-refractivity contribution is 6.25. The fourth-order valence-corrected chi connectivity index (χ4v) is 17.0. The van der Waals surface area contributed by atoms with Gasteiger partial charge in [0.1, 0.15) is 11.2 Å². The number of para-hydroxylation sites is 1. The van der Waals surface area contributed by atoms with Crippen molar-refractivity contribution in [2.45, 2.75) is 10.8 Å². The lowest BCUT2D eigenvalue weighted by atomic mass is 9.60. The highest BCUT2D eigenvalue weighted by Gasteiger charge is 2.57. The van der Waals surface area contributed by atoms with Crippen molar-refractivity contribution in [3.8, 4) is 66.8 Å². The molecule has 0 bridgehead atoms. The molecule has 0 aliphatic heterocycles. The Hall–Kier alpha value is -11.6. The molecule has 422 valence electrons. The van der Waals surface area contributed by atoms with Crippen LogP contribution in [0.3, 0.4) is 0 Å². The molecular weight excluding hydrogens is 1100 g/mol. The smallest absolute Gasteiger partial charge is 0.144 e. The second-order valence-electron chi connectivity index (χ2n) is 24.7. The van der Waals surface area contributed by atoms with Crippen LogP contribution >= 0.6 is 0 Å². The van der Waals surface area contributed by atoms with Crippen LogP contribution in [0.4, 0.5) is 0 Å². The zero-order chi connectivity index (χ0) is 59.8. The number of benzene rings is 16. The van der Waals surface area contributed by atoms with Crippen molar-refractivity contribution >= 4 is 65.0 Å². The standard InChI is InChI=1S/C90H56O/c1-7-29-57(30-8-1)79-65-41-19-23-45-69(65)81(70-46-24-20-42-66(70)79)59-51-53-73-76(55-59)89(61-33-11-3-12-34-61,62-35-13-4-14-36-62)86-83(73)84-75-49-27-28-50-78(75)91-88(84)85-74-54-52-60(56-77(74)90(87(85)86,63-37-15-5-16-38-63)64-39-17-6-18-40-64)82-71-47-25-21-43-67(71)80(58-31-9-2-10-32-58)68-44-22-26-48-72(68)82/h1-56H. The summed E-state index contributed by atoms with van der Waals surface area (Å²) >= 11 is 0. The molecule has 0 fully saturated rings. The van der Waals surface area contributed by atoms with E-state index in [0.717, 1.165) is 38.6 Å². The van der Waals surface area contributed by atoms with E-state index >= 15 is 0 Å². The van der Waals surface area contributed by atoms with Gasteiger partial charge in [-0.3, -0.25) is 0 Å². The quantitative estimate of drug-likeness (QED) is 0.138. The van der Waals surface area contributed by atoms with Crippen LogP contribution in [0.15, 0.2) is 344 Å². The number of hydrogen-bond acceptors (Lipinski definition) is 1. The molecule has 2 aliphatic rings. The molecule has 1 aromatic heterocycles. The van der Waals surface area contributed by atoms with Gasteiger partial charge in [-0.15, -0.1) is 0 Å². The summed E-state index contributed by atoms with van der Waals surface area (Å²) in [6, 6.07) is 128. The van der Waals surface area contributed by atoms with Crippen LogP contribution in [0, 0.1) is 0 Å². The first-order chi connectivity index (χ1) is 45.2.